The molecular formula is C22H26N2O5. The van der Waals surface area contributed by atoms with Crippen molar-refractivity contribution in [3.8, 4) is 11.5 Å². The highest BCUT2D eigenvalue weighted by atomic mass is 16.6. The van der Waals surface area contributed by atoms with Gasteiger partial charge in [0.2, 0.25) is 0 Å². The summed E-state index contributed by atoms with van der Waals surface area (Å²) in [4.78, 5) is 24.7. The molecule has 7 heteroatoms. The third-order valence-electron chi connectivity index (χ3n) is 5.39. The SMILES string of the molecule is Cc1cc(C(=O)OCC(=O)N[C@@H](C)c2ccc3c(c2)OCCO3)c(C)n1C1CC1. The van der Waals surface area contributed by atoms with Gasteiger partial charge < -0.3 is 24.1 Å². The summed E-state index contributed by atoms with van der Waals surface area (Å²) < 4.78 is 18.5. The highest BCUT2D eigenvalue weighted by Crippen LogP contribution is 2.38. The predicted octanol–water partition coefficient (Wildman–Crippen LogP) is 3.25. The molecule has 0 saturated heterocycles. The number of ether oxygens (including phenoxy) is 3. The van der Waals surface area contributed by atoms with E-state index in [-0.39, 0.29) is 18.6 Å². The first-order chi connectivity index (χ1) is 13.9. The summed E-state index contributed by atoms with van der Waals surface area (Å²) in [6.45, 7) is 6.51. The summed E-state index contributed by atoms with van der Waals surface area (Å²) in [7, 11) is 0. The van der Waals surface area contributed by atoms with Gasteiger partial charge in [0.25, 0.3) is 5.91 Å². The molecule has 1 fully saturated rings. The number of nitrogens with one attached hydrogen (secondary N) is 1. The Morgan fingerprint density at radius 3 is 2.62 bits per heavy atom. The molecule has 1 aliphatic heterocycles. The Bertz CT molecular complexity index is 945. The first-order valence-electron chi connectivity index (χ1n) is 9.98. The van der Waals surface area contributed by atoms with Gasteiger partial charge in [-0.2, -0.15) is 0 Å². The fourth-order valence-electron chi connectivity index (χ4n) is 3.78. The molecule has 7 nitrogen and oxygen atoms in total. The van der Waals surface area contributed by atoms with Crippen LogP contribution >= 0.6 is 0 Å². The number of aromatic nitrogens is 1. The molecule has 1 atom stereocenters. The van der Waals surface area contributed by atoms with E-state index in [2.05, 4.69) is 9.88 Å². The zero-order valence-corrected chi connectivity index (χ0v) is 17.0. The minimum Gasteiger partial charge on any atom is -0.486 e. The van der Waals surface area contributed by atoms with Crippen molar-refractivity contribution in [1.29, 1.82) is 0 Å². The van der Waals surface area contributed by atoms with Gasteiger partial charge in [-0.1, -0.05) is 6.07 Å². The number of amides is 1. The number of benzene rings is 1. The molecule has 2 heterocycles. The van der Waals surface area contributed by atoms with Crippen molar-refractivity contribution in [2.45, 2.75) is 45.7 Å². The van der Waals surface area contributed by atoms with Crippen LogP contribution in [0, 0.1) is 13.8 Å². The minimum absolute atomic E-state index is 0.253. The van der Waals surface area contributed by atoms with Crippen LogP contribution in [0.3, 0.4) is 0 Å². The zero-order valence-electron chi connectivity index (χ0n) is 17.0. The van der Waals surface area contributed by atoms with Crippen LogP contribution in [0.5, 0.6) is 11.5 Å². The van der Waals surface area contributed by atoms with Crippen LogP contribution < -0.4 is 14.8 Å². The molecule has 2 aliphatic rings. The van der Waals surface area contributed by atoms with E-state index in [0.717, 1.165) is 29.8 Å². The van der Waals surface area contributed by atoms with Gasteiger partial charge in [0.15, 0.2) is 18.1 Å². The Hall–Kier alpha value is -2.96. The normalized spacial score (nSPS) is 16.2. The van der Waals surface area contributed by atoms with Gasteiger partial charge in [-0.05, 0) is 57.4 Å². The maximum absolute atomic E-state index is 12.4. The van der Waals surface area contributed by atoms with Gasteiger partial charge in [-0.15, -0.1) is 0 Å². The second kappa shape index (κ2) is 7.81. The number of hydrogen-bond acceptors (Lipinski definition) is 5. The van der Waals surface area contributed by atoms with Gasteiger partial charge in [0, 0.05) is 17.4 Å². The van der Waals surface area contributed by atoms with E-state index in [1.165, 1.54) is 0 Å². The Kier molecular flexibility index (Phi) is 5.22. The van der Waals surface area contributed by atoms with E-state index < -0.39 is 5.97 Å². The number of carbonyl (C=O) groups excluding carboxylic acids is 2. The largest absolute Gasteiger partial charge is 0.486 e. The second-order valence-corrected chi connectivity index (χ2v) is 7.65. The highest BCUT2D eigenvalue weighted by molar-refractivity contribution is 5.92. The van der Waals surface area contributed by atoms with Crippen molar-refractivity contribution in [2.75, 3.05) is 19.8 Å². The first-order valence-corrected chi connectivity index (χ1v) is 9.98. The number of rotatable bonds is 6. The Morgan fingerprint density at radius 2 is 1.90 bits per heavy atom. The van der Waals surface area contributed by atoms with Crippen molar-refractivity contribution in [1.82, 2.24) is 9.88 Å². The summed E-state index contributed by atoms with van der Waals surface area (Å²) >= 11 is 0. The predicted molar refractivity (Wildman–Crippen MR) is 106 cm³/mol. The smallest absolute Gasteiger partial charge is 0.340 e. The molecule has 0 unspecified atom stereocenters. The zero-order chi connectivity index (χ0) is 20.5. The fourth-order valence-corrected chi connectivity index (χ4v) is 3.78. The molecule has 1 aliphatic carbocycles. The average Bonchev–Trinajstić information content (AvgIpc) is 3.50. The maximum atomic E-state index is 12.4. The van der Waals surface area contributed by atoms with E-state index in [4.69, 9.17) is 14.2 Å². The molecule has 1 N–H and O–H groups in total. The lowest BCUT2D eigenvalue weighted by atomic mass is 10.1. The van der Waals surface area contributed by atoms with E-state index >= 15 is 0 Å². The summed E-state index contributed by atoms with van der Waals surface area (Å²) in [5, 5.41) is 2.85. The number of aryl methyl sites for hydroxylation is 1. The van der Waals surface area contributed by atoms with Crippen molar-refractivity contribution >= 4 is 11.9 Å². The molecule has 1 aromatic carbocycles. The first kappa shape index (κ1) is 19.4. The van der Waals surface area contributed by atoms with Crippen molar-refractivity contribution < 1.29 is 23.8 Å². The van der Waals surface area contributed by atoms with E-state index in [1.54, 1.807) is 0 Å². The van der Waals surface area contributed by atoms with E-state index in [0.29, 0.717) is 36.3 Å². The van der Waals surface area contributed by atoms with Gasteiger partial charge in [0.1, 0.15) is 13.2 Å². The fraction of sp³-hybridized carbons (Fsp3) is 0.455. The molecule has 4 rings (SSSR count). The lowest BCUT2D eigenvalue weighted by Crippen LogP contribution is -2.31. The van der Waals surface area contributed by atoms with Crippen molar-refractivity contribution in [3.63, 3.8) is 0 Å². The van der Waals surface area contributed by atoms with Crippen LogP contribution in [-0.2, 0) is 9.53 Å². The summed E-state index contributed by atoms with van der Waals surface area (Å²) in [6.07, 6.45) is 2.29. The van der Waals surface area contributed by atoms with Crippen LogP contribution in [0.2, 0.25) is 0 Å². The summed E-state index contributed by atoms with van der Waals surface area (Å²) in [6, 6.07) is 7.66. The molecule has 0 spiro atoms. The number of carbonyl (C=O) groups is 2. The minimum atomic E-state index is -0.466. The number of hydrogen-bond donors (Lipinski definition) is 1. The van der Waals surface area contributed by atoms with Crippen LogP contribution in [0.25, 0.3) is 0 Å². The topological polar surface area (TPSA) is 78.8 Å². The molecule has 0 radical (unpaired) electrons. The van der Waals surface area contributed by atoms with Gasteiger partial charge in [-0.3, -0.25) is 4.79 Å². The highest BCUT2D eigenvalue weighted by Gasteiger charge is 2.29. The van der Waals surface area contributed by atoms with Gasteiger partial charge in [0.05, 0.1) is 11.6 Å². The Morgan fingerprint density at radius 1 is 1.17 bits per heavy atom. The van der Waals surface area contributed by atoms with Crippen molar-refractivity contribution in [2.24, 2.45) is 0 Å². The monoisotopic (exact) mass is 398 g/mol. The molecule has 2 aromatic rings. The Balaban J connectivity index is 1.33. The van der Waals surface area contributed by atoms with E-state index in [9.17, 15) is 9.59 Å². The Labute approximate surface area is 169 Å². The lowest BCUT2D eigenvalue weighted by Gasteiger charge is -2.21. The summed E-state index contributed by atoms with van der Waals surface area (Å²) in [5.74, 6) is 0.562. The third-order valence-corrected chi connectivity index (χ3v) is 5.39. The van der Waals surface area contributed by atoms with Gasteiger partial charge in [-0.25, -0.2) is 4.79 Å². The summed E-state index contributed by atoms with van der Waals surface area (Å²) in [5.41, 5.74) is 3.37. The molecule has 154 valence electrons. The quantitative estimate of drug-likeness (QED) is 0.756. The third kappa shape index (κ3) is 4.09. The van der Waals surface area contributed by atoms with Crippen molar-refractivity contribution in [3.05, 3.63) is 46.8 Å². The number of esters is 1. The van der Waals surface area contributed by atoms with E-state index in [1.807, 2.05) is 45.0 Å². The molecule has 29 heavy (non-hydrogen) atoms. The van der Waals surface area contributed by atoms with Gasteiger partial charge >= 0.3 is 5.97 Å². The van der Waals surface area contributed by atoms with Crippen LogP contribution in [0.15, 0.2) is 24.3 Å². The molecular weight excluding hydrogens is 372 g/mol. The lowest BCUT2D eigenvalue weighted by molar-refractivity contribution is -0.124. The van der Waals surface area contributed by atoms with Crippen LogP contribution in [-0.4, -0.2) is 36.3 Å². The second-order valence-electron chi connectivity index (χ2n) is 7.65. The standard InChI is InChI=1S/C22H26N2O5/c1-13-10-18(15(3)24(13)17-5-6-17)22(26)29-12-21(25)23-14(2)16-4-7-19-20(11-16)28-9-8-27-19/h4,7,10-11,14,17H,5-6,8-9,12H2,1-3H3,(H,23,25)/t14-/m0/s1. The van der Waals surface area contributed by atoms with Crippen LogP contribution in [0.4, 0.5) is 0 Å². The molecule has 0 bridgehead atoms. The molecule has 1 saturated carbocycles. The maximum Gasteiger partial charge on any atom is 0.340 e. The molecule has 1 amide bonds. The molecule has 1 aromatic heterocycles. The average molecular weight is 398 g/mol. The number of nitrogens with zero attached hydrogens (tertiary/aromatic N) is 1. The van der Waals surface area contributed by atoms with Crippen LogP contribution in [0.1, 0.15) is 59.2 Å². The number of fused-ring (bicyclic) bond motifs is 1.